The molecule has 5 heteroatoms. The largest absolute Gasteiger partial charge is 0.489 e. The highest BCUT2D eigenvalue weighted by Crippen LogP contribution is 2.22. The Labute approximate surface area is 160 Å². The number of nitrogens with zero attached hydrogens (tertiary/aromatic N) is 4. The summed E-state index contributed by atoms with van der Waals surface area (Å²) in [6.45, 7) is 5.36. The van der Waals surface area contributed by atoms with Crippen molar-refractivity contribution in [2.75, 3.05) is 31.1 Å². The van der Waals surface area contributed by atoms with Crippen molar-refractivity contribution >= 4 is 5.95 Å². The van der Waals surface area contributed by atoms with Crippen LogP contribution in [0.15, 0.2) is 73.1 Å². The fourth-order valence-electron chi connectivity index (χ4n) is 3.31. The second kappa shape index (κ2) is 8.64. The predicted molar refractivity (Wildman–Crippen MR) is 107 cm³/mol. The average Bonchev–Trinajstić information content (AvgIpc) is 2.75. The van der Waals surface area contributed by atoms with Crippen molar-refractivity contribution in [3.63, 3.8) is 0 Å². The molecule has 2 heterocycles. The van der Waals surface area contributed by atoms with Crippen molar-refractivity contribution in [1.82, 2.24) is 14.9 Å². The Morgan fingerprint density at radius 1 is 0.778 bits per heavy atom. The van der Waals surface area contributed by atoms with E-state index in [0.29, 0.717) is 6.61 Å². The minimum absolute atomic E-state index is 0.594. The number of ether oxygens (including phenoxy) is 1. The van der Waals surface area contributed by atoms with E-state index in [0.717, 1.165) is 44.4 Å². The highest BCUT2D eigenvalue weighted by atomic mass is 16.5. The van der Waals surface area contributed by atoms with E-state index < -0.39 is 0 Å². The minimum atomic E-state index is 0.594. The van der Waals surface area contributed by atoms with Gasteiger partial charge in [-0.1, -0.05) is 48.5 Å². The molecule has 0 aliphatic carbocycles. The Kier molecular flexibility index (Phi) is 5.60. The molecule has 27 heavy (non-hydrogen) atoms. The summed E-state index contributed by atoms with van der Waals surface area (Å²) in [4.78, 5) is 13.4. The van der Waals surface area contributed by atoms with Crippen LogP contribution in [-0.4, -0.2) is 41.0 Å². The molecule has 0 saturated carbocycles. The smallest absolute Gasteiger partial charge is 0.225 e. The second-order valence-corrected chi connectivity index (χ2v) is 6.69. The first-order chi connectivity index (χ1) is 13.4. The molecule has 1 aliphatic rings. The average molecular weight is 360 g/mol. The number of para-hydroxylation sites is 1. The molecular weight excluding hydrogens is 336 g/mol. The van der Waals surface area contributed by atoms with Crippen LogP contribution in [0.3, 0.4) is 0 Å². The summed E-state index contributed by atoms with van der Waals surface area (Å²) in [5.74, 6) is 1.79. The fraction of sp³-hybridized carbons (Fsp3) is 0.273. The molecule has 1 aliphatic heterocycles. The third kappa shape index (κ3) is 4.63. The van der Waals surface area contributed by atoms with Gasteiger partial charge in [-0.05, 0) is 17.7 Å². The van der Waals surface area contributed by atoms with E-state index in [-0.39, 0.29) is 0 Å². The predicted octanol–water partition coefficient (Wildman–Crippen LogP) is 3.38. The first-order valence-electron chi connectivity index (χ1n) is 9.37. The fourth-order valence-corrected chi connectivity index (χ4v) is 3.31. The maximum atomic E-state index is 6.10. The Morgan fingerprint density at radius 2 is 1.48 bits per heavy atom. The van der Waals surface area contributed by atoms with E-state index in [9.17, 15) is 0 Å². The van der Waals surface area contributed by atoms with Crippen molar-refractivity contribution < 1.29 is 4.74 Å². The second-order valence-electron chi connectivity index (χ2n) is 6.69. The van der Waals surface area contributed by atoms with E-state index in [1.165, 1.54) is 11.1 Å². The quantitative estimate of drug-likeness (QED) is 0.674. The lowest BCUT2D eigenvalue weighted by molar-refractivity contribution is 0.239. The van der Waals surface area contributed by atoms with Gasteiger partial charge >= 0.3 is 0 Å². The van der Waals surface area contributed by atoms with Crippen LogP contribution in [0, 0.1) is 0 Å². The number of hydrogen-bond acceptors (Lipinski definition) is 5. The van der Waals surface area contributed by atoms with Gasteiger partial charge in [-0.25, -0.2) is 9.97 Å². The van der Waals surface area contributed by atoms with Gasteiger partial charge in [-0.15, -0.1) is 0 Å². The van der Waals surface area contributed by atoms with Crippen LogP contribution >= 0.6 is 0 Å². The summed E-state index contributed by atoms with van der Waals surface area (Å²) in [6.07, 6.45) is 3.60. The number of anilines is 1. The lowest BCUT2D eigenvalue weighted by Gasteiger charge is -2.34. The van der Waals surface area contributed by atoms with Crippen LogP contribution in [0.25, 0.3) is 0 Å². The van der Waals surface area contributed by atoms with E-state index in [2.05, 4.69) is 50.1 Å². The molecule has 0 spiro atoms. The Bertz CT molecular complexity index is 833. The van der Waals surface area contributed by atoms with Gasteiger partial charge in [0.2, 0.25) is 5.95 Å². The van der Waals surface area contributed by atoms with Crippen LogP contribution in [0.4, 0.5) is 5.95 Å². The zero-order valence-corrected chi connectivity index (χ0v) is 15.4. The lowest BCUT2D eigenvalue weighted by Crippen LogP contribution is -2.46. The molecule has 1 saturated heterocycles. The topological polar surface area (TPSA) is 41.5 Å². The monoisotopic (exact) mass is 360 g/mol. The molecule has 1 fully saturated rings. The summed E-state index contributed by atoms with van der Waals surface area (Å²) in [5, 5.41) is 0. The SMILES string of the molecule is c1ccc(COc2ccccc2CN2CCN(c3ncccn3)CC2)cc1. The molecule has 3 aromatic rings. The maximum Gasteiger partial charge on any atom is 0.225 e. The lowest BCUT2D eigenvalue weighted by atomic mass is 10.1. The van der Waals surface area contributed by atoms with E-state index in [1.807, 2.05) is 30.3 Å². The Balaban J connectivity index is 1.35. The number of rotatable bonds is 6. The normalized spacial score (nSPS) is 14.9. The molecule has 2 aromatic carbocycles. The third-order valence-corrected chi connectivity index (χ3v) is 4.81. The van der Waals surface area contributed by atoms with Gasteiger partial charge < -0.3 is 9.64 Å². The van der Waals surface area contributed by atoms with Gasteiger partial charge in [-0.3, -0.25) is 4.90 Å². The molecule has 0 bridgehead atoms. The zero-order chi connectivity index (χ0) is 18.3. The van der Waals surface area contributed by atoms with Crippen molar-refractivity contribution in [3.8, 4) is 5.75 Å². The van der Waals surface area contributed by atoms with Crippen LogP contribution < -0.4 is 9.64 Å². The maximum absolute atomic E-state index is 6.10. The highest BCUT2D eigenvalue weighted by molar-refractivity contribution is 5.34. The zero-order valence-electron chi connectivity index (χ0n) is 15.4. The summed E-state index contributed by atoms with van der Waals surface area (Å²) in [6, 6.07) is 20.5. The van der Waals surface area contributed by atoms with Gasteiger partial charge in [0.05, 0.1) is 0 Å². The molecule has 0 amide bonds. The molecule has 5 nitrogen and oxygen atoms in total. The molecule has 0 unspecified atom stereocenters. The summed E-state index contributed by atoms with van der Waals surface area (Å²) >= 11 is 0. The van der Waals surface area contributed by atoms with Crippen molar-refractivity contribution in [1.29, 1.82) is 0 Å². The van der Waals surface area contributed by atoms with Gasteiger partial charge in [0.25, 0.3) is 0 Å². The van der Waals surface area contributed by atoms with Crippen molar-refractivity contribution in [3.05, 3.63) is 84.2 Å². The van der Waals surface area contributed by atoms with Crippen LogP contribution in [0.2, 0.25) is 0 Å². The number of aromatic nitrogens is 2. The summed E-state index contributed by atoms with van der Waals surface area (Å²) in [7, 11) is 0. The Hall–Kier alpha value is -2.92. The summed E-state index contributed by atoms with van der Waals surface area (Å²) < 4.78 is 6.10. The van der Waals surface area contributed by atoms with Crippen molar-refractivity contribution in [2.24, 2.45) is 0 Å². The number of piperazine rings is 1. The standard InChI is InChI=1S/C22H24N4O/c1-2-7-19(8-3-1)18-27-21-10-5-4-9-20(21)17-25-13-15-26(16-14-25)22-23-11-6-12-24-22/h1-12H,13-18H2. The van der Waals surface area contributed by atoms with Gasteiger partial charge in [-0.2, -0.15) is 0 Å². The molecule has 138 valence electrons. The van der Waals surface area contributed by atoms with Crippen molar-refractivity contribution in [2.45, 2.75) is 13.2 Å². The first-order valence-corrected chi connectivity index (χ1v) is 9.37. The third-order valence-electron chi connectivity index (χ3n) is 4.81. The number of hydrogen-bond donors (Lipinski definition) is 0. The highest BCUT2D eigenvalue weighted by Gasteiger charge is 2.19. The molecule has 1 aromatic heterocycles. The van der Waals surface area contributed by atoms with E-state index in [4.69, 9.17) is 4.74 Å². The van der Waals surface area contributed by atoms with Crippen LogP contribution in [0.1, 0.15) is 11.1 Å². The minimum Gasteiger partial charge on any atom is -0.489 e. The van der Waals surface area contributed by atoms with Crippen LogP contribution in [0.5, 0.6) is 5.75 Å². The Morgan fingerprint density at radius 3 is 2.26 bits per heavy atom. The molecule has 0 radical (unpaired) electrons. The first kappa shape index (κ1) is 17.5. The van der Waals surface area contributed by atoms with Gasteiger partial charge in [0.1, 0.15) is 12.4 Å². The van der Waals surface area contributed by atoms with E-state index in [1.54, 1.807) is 12.4 Å². The summed E-state index contributed by atoms with van der Waals surface area (Å²) in [5.41, 5.74) is 2.42. The molecule has 0 N–H and O–H groups in total. The number of benzene rings is 2. The molecule has 4 rings (SSSR count). The molecular formula is C22H24N4O. The van der Waals surface area contributed by atoms with E-state index >= 15 is 0 Å². The molecule has 0 atom stereocenters. The van der Waals surface area contributed by atoms with Gasteiger partial charge in [0, 0.05) is 50.7 Å². The van der Waals surface area contributed by atoms with Crippen LogP contribution in [-0.2, 0) is 13.2 Å². The van der Waals surface area contributed by atoms with Gasteiger partial charge in [0.15, 0.2) is 0 Å².